The molecule has 8 heteroatoms. The summed E-state index contributed by atoms with van der Waals surface area (Å²) in [5, 5.41) is 5.26. The zero-order chi connectivity index (χ0) is 15.6. The van der Waals surface area contributed by atoms with Crippen LogP contribution in [0, 0.1) is 11.7 Å². The second-order valence-corrected chi connectivity index (χ2v) is 4.72. The highest BCUT2D eigenvalue weighted by Gasteiger charge is 2.35. The summed E-state index contributed by atoms with van der Waals surface area (Å²) in [7, 11) is 1.67. The minimum atomic E-state index is -4.81. The Morgan fingerprint density at radius 3 is 2.67 bits per heavy atom. The SMILES string of the molecule is CNC1COCC1C(=O)Nc1ccc(F)c(C(F)(F)F)c1. The number of nitrogens with one attached hydrogen (secondary N) is 2. The zero-order valence-electron chi connectivity index (χ0n) is 11.1. The number of ether oxygens (including phenoxy) is 1. The summed E-state index contributed by atoms with van der Waals surface area (Å²) in [6, 6.07) is 2.15. The predicted molar refractivity (Wildman–Crippen MR) is 67.2 cm³/mol. The first-order valence-corrected chi connectivity index (χ1v) is 6.25. The van der Waals surface area contributed by atoms with Gasteiger partial charge in [0.1, 0.15) is 5.82 Å². The molecular formula is C13H14F4N2O2. The van der Waals surface area contributed by atoms with Crippen LogP contribution in [0.1, 0.15) is 5.56 Å². The lowest BCUT2D eigenvalue weighted by Crippen LogP contribution is -2.39. The van der Waals surface area contributed by atoms with E-state index in [4.69, 9.17) is 4.74 Å². The minimum Gasteiger partial charge on any atom is -0.379 e. The number of hydrogen-bond donors (Lipinski definition) is 2. The van der Waals surface area contributed by atoms with Crippen LogP contribution in [0.25, 0.3) is 0 Å². The highest BCUT2D eigenvalue weighted by molar-refractivity contribution is 5.93. The first-order valence-electron chi connectivity index (χ1n) is 6.25. The molecule has 4 nitrogen and oxygen atoms in total. The van der Waals surface area contributed by atoms with Crippen molar-refractivity contribution in [2.45, 2.75) is 12.2 Å². The quantitative estimate of drug-likeness (QED) is 0.840. The van der Waals surface area contributed by atoms with E-state index in [0.29, 0.717) is 18.7 Å². The van der Waals surface area contributed by atoms with Crippen molar-refractivity contribution in [2.75, 3.05) is 25.6 Å². The Hall–Kier alpha value is -1.67. The largest absolute Gasteiger partial charge is 0.419 e. The molecule has 0 saturated carbocycles. The molecule has 1 aliphatic rings. The van der Waals surface area contributed by atoms with Crippen molar-refractivity contribution in [2.24, 2.45) is 5.92 Å². The van der Waals surface area contributed by atoms with Crippen molar-refractivity contribution >= 4 is 11.6 Å². The van der Waals surface area contributed by atoms with Gasteiger partial charge in [0, 0.05) is 11.7 Å². The van der Waals surface area contributed by atoms with E-state index in [1.807, 2.05) is 0 Å². The van der Waals surface area contributed by atoms with Crippen LogP contribution in [-0.2, 0) is 15.7 Å². The van der Waals surface area contributed by atoms with Gasteiger partial charge in [-0.05, 0) is 25.2 Å². The zero-order valence-corrected chi connectivity index (χ0v) is 11.1. The fourth-order valence-electron chi connectivity index (χ4n) is 2.15. The molecule has 2 N–H and O–H groups in total. The van der Waals surface area contributed by atoms with Crippen LogP contribution in [0.15, 0.2) is 18.2 Å². The number of anilines is 1. The average molecular weight is 306 g/mol. The highest BCUT2D eigenvalue weighted by Crippen LogP contribution is 2.33. The number of alkyl halides is 3. The smallest absolute Gasteiger partial charge is 0.379 e. The summed E-state index contributed by atoms with van der Waals surface area (Å²) in [6.45, 7) is 0.538. The second kappa shape index (κ2) is 5.98. The van der Waals surface area contributed by atoms with Gasteiger partial charge in [0.25, 0.3) is 0 Å². The van der Waals surface area contributed by atoms with E-state index in [0.717, 1.165) is 6.07 Å². The van der Waals surface area contributed by atoms with Gasteiger partial charge >= 0.3 is 6.18 Å². The molecule has 0 spiro atoms. The van der Waals surface area contributed by atoms with Crippen LogP contribution in [-0.4, -0.2) is 32.2 Å². The Bertz CT molecular complexity index is 533. The van der Waals surface area contributed by atoms with Gasteiger partial charge in [-0.1, -0.05) is 0 Å². The van der Waals surface area contributed by atoms with Gasteiger partial charge in [-0.15, -0.1) is 0 Å². The number of benzene rings is 1. The molecule has 1 aromatic rings. The Morgan fingerprint density at radius 1 is 1.33 bits per heavy atom. The van der Waals surface area contributed by atoms with Gasteiger partial charge in [-0.25, -0.2) is 4.39 Å². The minimum absolute atomic E-state index is 0.101. The van der Waals surface area contributed by atoms with Gasteiger partial charge in [0.2, 0.25) is 5.91 Å². The maximum atomic E-state index is 13.2. The average Bonchev–Trinajstić information content (AvgIpc) is 2.88. The summed E-state index contributed by atoms with van der Waals surface area (Å²) in [5.41, 5.74) is -1.51. The molecule has 2 unspecified atom stereocenters. The fourth-order valence-corrected chi connectivity index (χ4v) is 2.15. The van der Waals surface area contributed by atoms with Crippen LogP contribution in [0.5, 0.6) is 0 Å². The monoisotopic (exact) mass is 306 g/mol. The van der Waals surface area contributed by atoms with Crippen LogP contribution in [0.3, 0.4) is 0 Å². The third kappa shape index (κ3) is 3.51. The maximum Gasteiger partial charge on any atom is 0.419 e. The Labute approximate surface area is 118 Å². The molecule has 0 aromatic heterocycles. The van der Waals surface area contributed by atoms with Crippen LogP contribution < -0.4 is 10.6 Å². The summed E-state index contributed by atoms with van der Waals surface area (Å²) >= 11 is 0. The molecule has 1 heterocycles. The Balaban J connectivity index is 2.15. The van der Waals surface area contributed by atoms with E-state index in [-0.39, 0.29) is 18.3 Å². The molecule has 0 bridgehead atoms. The predicted octanol–water partition coefficient (Wildman–Crippen LogP) is 2.02. The molecule has 2 rings (SSSR count). The Kier molecular flexibility index (Phi) is 4.48. The van der Waals surface area contributed by atoms with Gasteiger partial charge in [-0.2, -0.15) is 13.2 Å². The molecule has 1 saturated heterocycles. The third-order valence-electron chi connectivity index (χ3n) is 3.33. The topological polar surface area (TPSA) is 50.4 Å². The number of amides is 1. The molecule has 1 amide bonds. The summed E-state index contributed by atoms with van der Waals surface area (Å²) in [5.74, 6) is -2.35. The number of rotatable bonds is 3. The standard InChI is InChI=1S/C13H14F4N2O2/c1-18-11-6-21-5-8(11)12(20)19-7-2-3-10(14)9(4-7)13(15,16)17/h2-4,8,11,18H,5-6H2,1H3,(H,19,20). The van der Waals surface area contributed by atoms with E-state index in [1.165, 1.54) is 0 Å². The number of carbonyl (C=O) groups is 1. The van der Waals surface area contributed by atoms with Crippen molar-refractivity contribution in [3.8, 4) is 0 Å². The molecule has 0 aliphatic carbocycles. The van der Waals surface area contributed by atoms with E-state index in [9.17, 15) is 22.4 Å². The van der Waals surface area contributed by atoms with E-state index < -0.39 is 29.4 Å². The maximum absolute atomic E-state index is 13.2. The van der Waals surface area contributed by atoms with Crippen molar-refractivity contribution < 1.29 is 27.1 Å². The fraction of sp³-hybridized carbons (Fsp3) is 0.462. The lowest BCUT2D eigenvalue weighted by atomic mass is 10.0. The van der Waals surface area contributed by atoms with E-state index in [1.54, 1.807) is 7.05 Å². The number of halogens is 4. The molecule has 21 heavy (non-hydrogen) atoms. The molecule has 1 aromatic carbocycles. The highest BCUT2D eigenvalue weighted by atomic mass is 19.4. The molecule has 1 aliphatic heterocycles. The number of hydrogen-bond acceptors (Lipinski definition) is 3. The number of likely N-dealkylation sites (N-methyl/N-ethyl adjacent to an activating group) is 1. The summed E-state index contributed by atoms with van der Waals surface area (Å²) < 4.78 is 56.1. The normalized spacial score (nSPS) is 22.3. The first-order chi connectivity index (χ1) is 9.82. The molecule has 1 fully saturated rings. The van der Waals surface area contributed by atoms with E-state index >= 15 is 0 Å². The first kappa shape index (κ1) is 15.7. The summed E-state index contributed by atoms with van der Waals surface area (Å²) in [4.78, 5) is 12.0. The Morgan fingerprint density at radius 2 is 2.05 bits per heavy atom. The lowest BCUT2D eigenvalue weighted by Gasteiger charge is -2.17. The van der Waals surface area contributed by atoms with Gasteiger partial charge in [0.15, 0.2) is 0 Å². The van der Waals surface area contributed by atoms with Crippen LogP contribution >= 0.6 is 0 Å². The van der Waals surface area contributed by atoms with Crippen molar-refractivity contribution in [1.29, 1.82) is 0 Å². The van der Waals surface area contributed by atoms with Gasteiger partial charge < -0.3 is 15.4 Å². The van der Waals surface area contributed by atoms with Crippen molar-refractivity contribution in [3.05, 3.63) is 29.6 Å². The second-order valence-electron chi connectivity index (χ2n) is 4.72. The van der Waals surface area contributed by atoms with Gasteiger partial charge in [0.05, 0.1) is 24.7 Å². The van der Waals surface area contributed by atoms with Gasteiger partial charge in [-0.3, -0.25) is 4.79 Å². The molecule has 116 valence electrons. The van der Waals surface area contributed by atoms with Crippen molar-refractivity contribution in [3.63, 3.8) is 0 Å². The lowest BCUT2D eigenvalue weighted by molar-refractivity contribution is -0.140. The summed E-state index contributed by atoms with van der Waals surface area (Å²) in [6.07, 6.45) is -4.81. The number of carbonyl (C=O) groups excluding carboxylic acids is 1. The van der Waals surface area contributed by atoms with E-state index in [2.05, 4.69) is 10.6 Å². The van der Waals surface area contributed by atoms with Crippen LogP contribution in [0.4, 0.5) is 23.2 Å². The molecule has 0 radical (unpaired) electrons. The van der Waals surface area contributed by atoms with Crippen LogP contribution in [0.2, 0.25) is 0 Å². The van der Waals surface area contributed by atoms with Crippen molar-refractivity contribution in [1.82, 2.24) is 5.32 Å². The molecule has 2 atom stereocenters. The third-order valence-corrected chi connectivity index (χ3v) is 3.33. The molecular weight excluding hydrogens is 292 g/mol.